The first-order valence-electron chi connectivity index (χ1n) is 5.19. The van der Waals surface area contributed by atoms with E-state index in [9.17, 15) is 4.79 Å². The molecule has 0 amide bonds. The van der Waals surface area contributed by atoms with E-state index in [4.69, 9.17) is 5.73 Å². The second kappa shape index (κ2) is 5.51. The van der Waals surface area contributed by atoms with E-state index in [1.54, 1.807) is 0 Å². The minimum atomic E-state index is -0.197. The molecule has 1 unspecified atom stereocenters. The van der Waals surface area contributed by atoms with Crippen molar-refractivity contribution < 1.29 is 4.79 Å². The number of nitrogens with two attached hydrogens (primary N) is 1. The van der Waals surface area contributed by atoms with Gasteiger partial charge in [0.05, 0.1) is 12.6 Å². The Morgan fingerprint density at radius 3 is 2.40 bits per heavy atom. The Hall–Kier alpha value is -1.35. The standard InChI is InChI=1S/C12H18N2O/c1-9(2)12(11(15)8-13)14-10-6-4-3-5-7-10/h3-7,9,12,14H,8,13H2,1-2H3. The van der Waals surface area contributed by atoms with Crippen molar-refractivity contribution in [1.82, 2.24) is 0 Å². The Morgan fingerprint density at radius 1 is 1.33 bits per heavy atom. The van der Waals surface area contributed by atoms with E-state index in [0.717, 1.165) is 5.69 Å². The number of ketones is 1. The van der Waals surface area contributed by atoms with Gasteiger partial charge in [0.1, 0.15) is 0 Å². The molecule has 1 aromatic rings. The van der Waals surface area contributed by atoms with E-state index in [-0.39, 0.29) is 24.3 Å². The molecule has 0 fully saturated rings. The average molecular weight is 206 g/mol. The molecule has 0 bridgehead atoms. The number of anilines is 1. The number of carbonyl (C=O) groups is 1. The molecule has 0 aliphatic heterocycles. The maximum absolute atomic E-state index is 11.6. The van der Waals surface area contributed by atoms with Gasteiger partial charge in [-0.2, -0.15) is 0 Å². The van der Waals surface area contributed by atoms with Crippen LogP contribution >= 0.6 is 0 Å². The lowest BCUT2D eigenvalue weighted by molar-refractivity contribution is -0.119. The van der Waals surface area contributed by atoms with Gasteiger partial charge in [0.25, 0.3) is 0 Å². The van der Waals surface area contributed by atoms with E-state index >= 15 is 0 Å². The number of rotatable bonds is 5. The molecule has 0 radical (unpaired) electrons. The average Bonchev–Trinajstić information content (AvgIpc) is 2.26. The Bertz CT molecular complexity index is 309. The van der Waals surface area contributed by atoms with Crippen LogP contribution in [0, 0.1) is 5.92 Å². The summed E-state index contributed by atoms with van der Waals surface area (Å²) < 4.78 is 0. The van der Waals surface area contributed by atoms with Crippen LogP contribution in [0.1, 0.15) is 13.8 Å². The van der Waals surface area contributed by atoms with Gasteiger partial charge in [-0.3, -0.25) is 4.79 Å². The number of carbonyl (C=O) groups excluding carboxylic acids is 1. The van der Waals surface area contributed by atoms with Crippen LogP contribution in [0.25, 0.3) is 0 Å². The van der Waals surface area contributed by atoms with Crippen LogP contribution in [0.4, 0.5) is 5.69 Å². The van der Waals surface area contributed by atoms with Gasteiger partial charge < -0.3 is 11.1 Å². The molecule has 0 aliphatic rings. The van der Waals surface area contributed by atoms with E-state index < -0.39 is 0 Å². The van der Waals surface area contributed by atoms with E-state index in [1.165, 1.54) is 0 Å². The van der Waals surface area contributed by atoms with Crippen LogP contribution in [-0.4, -0.2) is 18.4 Å². The molecule has 0 aromatic heterocycles. The highest BCUT2D eigenvalue weighted by Crippen LogP contribution is 2.12. The maximum Gasteiger partial charge on any atom is 0.168 e. The molecular formula is C12H18N2O. The summed E-state index contributed by atoms with van der Waals surface area (Å²) in [5, 5.41) is 3.20. The lowest BCUT2D eigenvalue weighted by Gasteiger charge is -2.21. The lowest BCUT2D eigenvalue weighted by atomic mass is 9.99. The molecule has 82 valence electrons. The topological polar surface area (TPSA) is 55.1 Å². The molecular weight excluding hydrogens is 188 g/mol. The minimum Gasteiger partial charge on any atom is -0.375 e. The highest BCUT2D eigenvalue weighted by molar-refractivity contribution is 5.88. The second-order valence-corrected chi connectivity index (χ2v) is 3.90. The van der Waals surface area contributed by atoms with Crippen LogP contribution < -0.4 is 11.1 Å². The van der Waals surface area contributed by atoms with Crippen molar-refractivity contribution >= 4 is 11.5 Å². The molecule has 0 heterocycles. The lowest BCUT2D eigenvalue weighted by Crippen LogP contribution is -2.38. The smallest absolute Gasteiger partial charge is 0.168 e. The Labute approximate surface area is 90.7 Å². The summed E-state index contributed by atoms with van der Waals surface area (Å²) in [6, 6.07) is 9.51. The number of hydrogen-bond acceptors (Lipinski definition) is 3. The number of Topliss-reactive ketones (excluding diaryl/α,β-unsaturated/α-hetero) is 1. The fourth-order valence-electron chi connectivity index (χ4n) is 1.46. The number of hydrogen-bond donors (Lipinski definition) is 2. The third-order valence-electron chi connectivity index (χ3n) is 2.31. The molecule has 3 N–H and O–H groups in total. The predicted molar refractivity (Wildman–Crippen MR) is 62.8 cm³/mol. The van der Waals surface area contributed by atoms with Crippen LogP contribution in [-0.2, 0) is 4.79 Å². The third kappa shape index (κ3) is 3.36. The molecule has 0 saturated heterocycles. The summed E-state index contributed by atoms with van der Waals surface area (Å²) in [5.41, 5.74) is 6.33. The molecule has 1 atom stereocenters. The molecule has 0 saturated carbocycles. The first-order chi connectivity index (χ1) is 7.15. The van der Waals surface area contributed by atoms with Gasteiger partial charge in [0.2, 0.25) is 0 Å². The van der Waals surface area contributed by atoms with E-state index in [1.807, 2.05) is 44.2 Å². The normalized spacial score (nSPS) is 12.5. The van der Waals surface area contributed by atoms with Crippen molar-refractivity contribution in [1.29, 1.82) is 0 Å². The molecule has 3 heteroatoms. The number of nitrogens with one attached hydrogen (secondary N) is 1. The zero-order valence-electron chi connectivity index (χ0n) is 9.23. The van der Waals surface area contributed by atoms with Crippen molar-refractivity contribution in [3.63, 3.8) is 0 Å². The minimum absolute atomic E-state index is 0.0499. The van der Waals surface area contributed by atoms with Crippen LogP contribution in [0.2, 0.25) is 0 Å². The van der Waals surface area contributed by atoms with E-state index in [0.29, 0.717) is 0 Å². The summed E-state index contributed by atoms with van der Waals surface area (Å²) in [6.07, 6.45) is 0. The molecule has 0 spiro atoms. The largest absolute Gasteiger partial charge is 0.375 e. The third-order valence-corrected chi connectivity index (χ3v) is 2.31. The van der Waals surface area contributed by atoms with Gasteiger partial charge in [0.15, 0.2) is 5.78 Å². The van der Waals surface area contributed by atoms with Crippen molar-refractivity contribution in [2.24, 2.45) is 11.7 Å². The molecule has 15 heavy (non-hydrogen) atoms. The molecule has 0 aliphatic carbocycles. The fraction of sp³-hybridized carbons (Fsp3) is 0.417. The summed E-state index contributed by atoms with van der Waals surface area (Å²) in [7, 11) is 0. The van der Waals surface area contributed by atoms with Crippen molar-refractivity contribution in [2.45, 2.75) is 19.9 Å². The zero-order valence-corrected chi connectivity index (χ0v) is 9.23. The maximum atomic E-state index is 11.6. The predicted octanol–water partition coefficient (Wildman–Crippen LogP) is 1.65. The summed E-state index contributed by atoms with van der Waals surface area (Å²) >= 11 is 0. The van der Waals surface area contributed by atoms with Gasteiger partial charge in [0, 0.05) is 5.69 Å². The van der Waals surface area contributed by atoms with Crippen molar-refractivity contribution in [3.05, 3.63) is 30.3 Å². The Morgan fingerprint density at radius 2 is 1.93 bits per heavy atom. The highest BCUT2D eigenvalue weighted by atomic mass is 16.1. The summed E-state index contributed by atoms with van der Waals surface area (Å²) in [4.78, 5) is 11.6. The summed E-state index contributed by atoms with van der Waals surface area (Å²) in [5.74, 6) is 0.287. The number of para-hydroxylation sites is 1. The first-order valence-corrected chi connectivity index (χ1v) is 5.19. The van der Waals surface area contributed by atoms with Crippen molar-refractivity contribution in [2.75, 3.05) is 11.9 Å². The highest BCUT2D eigenvalue weighted by Gasteiger charge is 2.19. The molecule has 1 rings (SSSR count). The first kappa shape index (κ1) is 11.7. The molecule has 3 nitrogen and oxygen atoms in total. The van der Waals surface area contributed by atoms with Crippen LogP contribution in [0.3, 0.4) is 0 Å². The Balaban J connectivity index is 2.72. The van der Waals surface area contributed by atoms with Gasteiger partial charge in [-0.15, -0.1) is 0 Å². The van der Waals surface area contributed by atoms with Gasteiger partial charge >= 0.3 is 0 Å². The second-order valence-electron chi connectivity index (χ2n) is 3.90. The Kier molecular flexibility index (Phi) is 4.31. The van der Waals surface area contributed by atoms with Gasteiger partial charge in [-0.25, -0.2) is 0 Å². The van der Waals surface area contributed by atoms with Crippen LogP contribution in [0.5, 0.6) is 0 Å². The van der Waals surface area contributed by atoms with E-state index in [2.05, 4.69) is 5.32 Å². The quantitative estimate of drug-likeness (QED) is 0.770. The fourth-order valence-corrected chi connectivity index (χ4v) is 1.46. The SMILES string of the molecule is CC(C)C(Nc1ccccc1)C(=O)CN. The van der Waals surface area contributed by atoms with Gasteiger partial charge in [-0.05, 0) is 18.1 Å². The monoisotopic (exact) mass is 206 g/mol. The number of benzene rings is 1. The molecule has 1 aromatic carbocycles. The van der Waals surface area contributed by atoms with Gasteiger partial charge in [-0.1, -0.05) is 32.0 Å². The summed E-state index contributed by atoms with van der Waals surface area (Å²) in [6.45, 7) is 4.10. The zero-order chi connectivity index (χ0) is 11.3. The van der Waals surface area contributed by atoms with Crippen LogP contribution in [0.15, 0.2) is 30.3 Å². The van der Waals surface area contributed by atoms with Crippen molar-refractivity contribution in [3.8, 4) is 0 Å².